The quantitative estimate of drug-likeness (QED) is 0.840. The largest absolute Gasteiger partial charge is 0.485 e. The van der Waals surface area contributed by atoms with Crippen LogP contribution in [0, 0.1) is 5.82 Å². The Kier molecular flexibility index (Phi) is 4.17. The van der Waals surface area contributed by atoms with E-state index in [0.717, 1.165) is 5.69 Å². The average molecular weight is 342 g/mol. The van der Waals surface area contributed by atoms with Gasteiger partial charge in [-0.15, -0.1) is 0 Å². The molecular weight excluding hydrogens is 323 g/mol. The average Bonchev–Trinajstić information content (AvgIpc) is 2.68. The standard InChI is InChI=1S/C19H19FN2O3/c20-14-5-7-15(8-6-14)21-9-11-22(12-10-21)19(23)18-13-24-16-3-1-2-4-17(16)25-18/h1-8,18H,9-13H2/t18-/m1/s1. The zero-order chi connectivity index (χ0) is 17.2. The molecule has 25 heavy (non-hydrogen) atoms. The second kappa shape index (κ2) is 6.63. The highest BCUT2D eigenvalue weighted by atomic mass is 19.1. The summed E-state index contributed by atoms with van der Waals surface area (Å²) < 4.78 is 24.5. The number of nitrogens with zero attached hydrogens (tertiary/aromatic N) is 2. The van der Waals surface area contributed by atoms with Crippen molar-refractivity contribution in [3.63, 3.8) is 0 Å². The molecule has 0 aromatic heterocycles. The van der Waals surface area contributed by atoms with Crippen molar-refractivity contribution in [3.8, 4) is 11.5 Å². The third-order valence-corrected chi connectivity index (χ3v) is 4.57. The number of benzene rings is 2. The summed E-state index contributed by atoms with van der Waals surface area (Å²) in [5.41, 5.74) is 0.972. The minimum absolute atomic E-state index is 0.0479. The van der Waals surface area contributed by atoms with Crippen LogP contribution in [-0.2, 0) is 4.79 Å². The summed E-state index contributed by atoms with van der Waals surface area (Å²) in [4.78, 5) is 16.7. The van der Waals surface area contributed by atoms with E-state index in [1.165, 1.54) is 12.1 Å². The van der Waals surface area contributed by atoms with E-state index in [4.69, 9.17) is 9.47 Å². The molecule has 4 rings (SSSR count). The number of para-hydroxylation sites is 2. The van der Waals surface area contributed by atoms with Gasteiger partial charge in [-0.3, -0.25) is 4.79 Å². The van der Waals surface area contributed by atoms with Gasteiger partial charge in [0, 0.05) is 31.9 Å². The maximum atomic E-state index is 13.0. The van der Waals surface area contributed by atoms with Gasteiger partial charge in [0.25, 0.3) is 5.91 Å². The maximum absolute atomic E-state index is 13.0. The molecule has 5 nitrogen and oxygen atoms in total. The molecule has 0 N–H and O–H groups in total. The van der Waals surface area contributed by atoms with Gasteiger partial charge in [0.15, 0.2) is 11.5 Å². The van der Waals surface area contributed by atoms with Crippen LogP contribution in [0.4, 0.5) is 10.1 Å². The highest BCUT2D eigenvalue weighted by molar-refractivity contribution is 5.82. The van der Waals surface area contributed by atoms with Crippen molar-refractivity contribution < 1.29 is 18.7 Å². The van der Waals surface area contributed by atoms with Crippen molar-refractivity contribution in [1.29, 1.82) is 0 Å². The van der Waals surface area contributed by atoms with E-state index in [1.54, 1.807) is 18.2 Å². The molecule has 1 atom stereocenters. The molecular formula is C19H19FN2O3. The number of hydrogen-bond donors (Lipinski definition) is 0. The van der Waals surface area contributed by atoms with Gasteiger partial charge in [0.1, 0.15) is 12.4 Å². The molecule has 2 aromatic carbocycles. The van der Waals surface area contributed by atoms with Crippen molar-refractivity contribution in [2.24, 2.45) is 0 Å². The number of carbonyl (C=O) groups is 1. The lowest BCUT2D eigenvalue weighted by atomic mass is 10.2. The zero-order valence-electron chi connectivity index (χ0n) is 13.7. The molecule has 2 aliphatic rings. The van der Waals surface area contributed by atoms with E-state index in [0.29, 0.717) is 37.7 Å². The fourth-order valence-corrected chi connectivity index (χ4v) is 3.18. The Morgan fingerprint density at radius 1 is 0.960 bits per heavy atom. The lowest BCUT2D eigenvalue weighted by Crippen LogP contribution is -2.54. The highest BCUT2D eigenvalue weighted by Crippen LogP contribution is 2.31. The molecule has 1 amide bonds. The van der Waals surface area contributed by atoms with E-state index in [1.807, 2.05) is 23.1 Å². The van der Waals surface area contributed by atoms with Crippen LogP contribution in [0.5, 0.6) is 11.5 Å². The fourth-order valence-electron chi connectivity index (χ4n) is 3.18. The predicted molar refractivity (Wildman–Crippen MR) is 91.5 cm³/mol. The van der Waals surface area contributed by atoms with E-state index < -0.39 is 6.10 Å². The van der Waals surface area contributed by atoms with Crippen LogP contribution in [0.1, 0.15) is 0 Å². The summed E-state index contributed by atoms with van der Waals surface area (Å²) in [6.07, 6.45) is -0.604. The number of amides is 1. The summed E-state index contributed by atoms with van der Waals surface area (Å²) in [6, 6.07) is 13.8. The molecule has 0 radical (unpaired) electrons. The van der Waals surface area contributed by atoms with Gasteiger partial charge in [-0.1, -0.05) is 12.1 Å². The Hall–Kier alpha value is -2.76. The molecule has 6 heteroatoms. The number of rotatable bonds is 2. The Morgan fingerprint density at radius 3 is 2.36 bits per heavy atom. The zero-order valence-corrected chi connectivity index (χ0v) is 13.7. The number of piperazine rings is 1. The molecule has 0 bridgehead atoms. The van der Waals surface area contributed by atoms with Crippen LogP contribution in [0.25, 0.3) is 0 Å². The lowest BCUT2D eigenvalue weighted by Gasteiger charge is -2.38. The summed E-state index contributed by atoms with van der Waals surface area (Å²) in [5, 5.41) is 0. The Morgan fingerprint density at radius 2 is 1.64 bits per heavy atom. The molecule has 1 saturated heterocycles. The van der Waals surface area contributed by atoms with E-state index in [-0.39, 0.29) is 18.3 Å². The summed E-state index contributed by atoms with van der Waals surface area (Å²) in [6.45, 7) is 2.87. The van der Waals surface area contributed by atoms with Gasteiger partial charge < -0.3 is 19.3 Å². The van der Waals surface area contributed by atoms with E-state index in [9.17, 15) is 9.18 Å². The molecule has 2 aromatic rings. The monoisotopic (exact) mass is 342 g/mol. The molecule has 2 heterocycles. The Bertz CT molecular complexity index is 758. The molecule has 0 spiro atoms. The van der Waals surface area contributed by atoms with E-state index >= 15 is 0 Å². The maximum Gasteiger partial charge on any atom is 0.267 e. The first-order valence-corrected chi connectivity index (χ1v) is 8.38. The molecule has 0 unspecified atom stereocenters. The smallest absolute Gasteiger partial charge is 0.267 e. The SMILES string of the molecule is O=C([C@H]1COc2ccccc2O1)N1CCN(c2ccc(F)cc2)CC1. The van der Waals surface area contributed by atoms with Gasteiger partial charge in [0.2, 0.25) is 6.10 Å². The molecule has 0 saturated carbocycles. The molecule has 0 aliphatic carbocycles. The van der Waals surface area contributed by atoms with Crippen molar-refractivity contribution in [2.75, 3.05) is 37.7 Å². The van der Waals surface area contributed by atoms with Gasteiger partial charge in [0.05, 0.1) is 0 Å². The third-order valence-electron chi connectivity index (χ3n) is 4.57. The lowest BCUT2D eigenvalue weighted by molar-refractivity contribution is -0.141. The highest BCUT2D eigenvalue weighted by Gasteiger charge is 2.32. The molecule has 130 valence electrons. The van der Waals surface area contributed by atoms with Gasteiger partial charge in [-0.05, 0) is 36.4 Å². The Balaban J connectivity index is 1.36. The van der Waals surface area contributed by atoms with Crippen LogP contribution < -0.4 is 14.4 Å². The minimum Gasteiger partial charge on any atom is -0.485 e. The minimum atomic E-state index is -0.604. The van der Waals surface area contributed by atoms with E-state index in [2.05, 4.69) is 4.90 Å². The second-order valence-electron chi connectivity index (χ2n) is 6.15. The topological polar surface area (TPSA) is 42.0 Å². The second-order valence-corrected chi connectivity index (χ2v) is 6.15. The number of fused-ring (bicyclic) bond motifs is 1. The van der Waals surface area contributed by atoms with Gasteiger partial charge in [-0.2, -0.15) is 0 Å². The number of hydrogen-bond acceptors (Lipinski definition) is 4. The number of ether oxygens (including phenoxy) is 2. The number of carbonyl (C=O) groups excluding carboxylic acids is 1. The summed E-state index contributed by atoms with van der Waals surface area (Å²) in [5.74, 6) is 0.991. The van der Waals surface area contributed by atoms with Crippen molar-refractivity contribution in [3.05, 3.63) is 54.3 Å². The van der Waals surface area contributed by atoms with Crippen LogP contribution in [0.15, 0.2) is 48.5 Å². The van der Waals surface area contributed by atoms with Gasteiger partial charge >= 0.3 is 0 Å². The van der Waals surface area contributed by atoms with Crippen molar-refractivity contribution in [2.45, 2.75) is 6.10 Å². The van der Waals surface area contributed by atoms with Crippen LogP contribution >= 0.6 is 0 Å². The molecule has 2 aliphatic heterocycles. The van der Waals surface area contributed by atoms with Crippen LogP contribution in [0.3, 0.4) is 0 Å². The van der Waals surface area contributed by atoms with Crippen molar-refractivity contribution in [1.82, 2.24) is 4.90 Å². The first kappa shape index (κ1) is 15.7. The van der Waals surface area contributed by atoms with Gasteiger partial charge in [-0.25, -0.2) is 4.39 Å². The number of halogens is 1. The Labute approximate surface area is 145 Å². The molecule has 1 fully saturated rings. The van der Waals surface area contributed by atoms with Crippen LogP contribution in [0.2, 0.25) is 0 Å². The van der Waals surface area contributed by atoms with Crippen molar-refractivity contribution >= 4 is 11.6 Å². The first-order valence-electron chi connectivity index (χ1n) is 8.38. The van der Waals surface area contributed by atoms with Crippen LogP contribution in [-0.4, -0.2) is 49.7 Å². The first-order chi connectivity index (χ1) is 12.2. The summed E-state index contributed by atoms with van der Waals surface area (Å²) >= 11 is 0. The third kappa shape index (κ3) is 3.24. The number of anilines is 1. The fraction of sp³-hybridized carbons (Fsp3) is 0.316. The predicted octanol–water partition coefficient (Wildman–Crippen LogP) is 2.31. The normalized spacial score (nSPS) is 19.6. The summed E-state index contributed by atoms with van der Waals surface area (Å²) in [7, 11) is 0.